The normalized spacial score (nSPS) is 16.1. The van der Waals surface area contributed by atoms with Gasteiger partial charge in [-0.05, 0) is 67.5 Å². The molecule has 3 heterocycles. The maximum atomic E-state index is 13.6. The molecule has 0 bridgehead atoms. The minimum Gasteiger partial charge on any atom is -0.389 e. The number of aryl methyl sites for hydroxylation is 1. The number of aliphatic hydroxyl groups is 1. The van der Waals surface area contributed by atoms with Crippen molar-refractivity contribution in [3.63, 3.8) is 0 Å². The van der Waals surface area contributed by atoms with Crippen LogP contribution in [-0.2, 0) is 6.42 Å². The van der Waals surface area contributed by atoms with E-state index < -0.39 is 12.1 Å². The van der Waals surface area contributed by atoms with Crippen molar-refractivity contribution < 1.29 is 14.7 Å². The number of pyridine rings is 1. The Kier molecular flexibility index (Phi) is 10.1. The molecule has 0 saturated carbocycles. The zero-order chi connectivity index (χ0) is 31.2. The number of likely N-dealkylation sites (tertiary alicyclic amines) is 1. The topological polar surface area (TPSA) is 98.7 Å². The Hall–Kier alpha value is -4.08. The highest BCUT2D eigenvalue weighted by Gasteiger charge is 2.33. The Bertz CT molecular complexity index is 1570. The monoisotopic (exact) mass is 611 g/mol. The predicted molar refractivity (Wildman–Crippen MR) is 175 cm³/mol. The number of anilines is 1. The van der Waals surface area contributed by atoms with E-state index in [0.29, 0.717) is 36.6 Å². The molecule has 44 heavy (non-hydrogen) atoms. The molecule has 8 nitrogen and oxygen atoms in total. The van der Waals surface area contributed by atoms with Crippen LogP contribution in [0.25, 0.3) is 0 Å². The van der Waals surface area contributed by atoms with Crippen molar-refractivity contribution in [2.45, 2.75) is 64.1 Å². The summed E-state index contributed by atoms with van der Waals surface area (Å²) in [4.78, 5) is 40.1. The average Bonchev–Trinajstić information content (AvgIpc) is 3.70. The Balaban J connectivity index is 1.32. The highest BCUT2D eigenvalue weighted by molar-refractivity contribution is 7.09. The smallest absolute Gasteiger partial charge is 0.254 e. The lowest BCUT2D eigenvalue weighted by molar-refractivity contribution is 0.0735. The van der Waals surface area contributed by atoms with Crippen molar-refractivity contribution >= 4 is 28.8 Å². The molecule has 0 unspecified atom stereocenters. The summed E-state index contributed by atoms with van der Waals surface area (Å²) < 4.78 is 0. The second-order valence-corrected chi connectivity index (χ2v) is 12.8. The van der Waals surface area contributed by atoms with Crippen LogP contribution in [0.2, 0.25) is 0 Å². The molecule has 2 N–H and O–H groups in total. The largest absolute Gasteiger partial charge is 0.389 e. The minimum absolute atomic E-state index is 0.0440. The number of nitrogens with one attached hydrogen (secondary N) is 1. The molecular weight excluding hydrogens is 570 g/mol. The quantitative estimate of drug-likeness (QED) is 0.223. The third-order valence-electron chi connectivity index (χ3n) is 8.20. The van der Waals surface area contributed by atoms with E-state index >= 15 is 0 Å². The van der Waals surface area contributed by atoms with E-state index in [2.05, 4.69) is 35.2 Å². The summed E-state index contributed by atoms with van der Waals surface area (Å²) in [7, 11) is 1.92. The molecule has 2 amide bonds. The van der Waals surface area contributed by atoms with Gasteiger partial charge < -0.3 is 20.2 Å². The first kappa shape index (κ1) is 31.3. The van der Waals surface area contributed by atoms with Crippen LogP contribution < -0.4 is 10.2 Å². The molecule has 1 aliphatic rings. The van der Waals surface area contributed by atoms with Crippen molar-refractivity contribution in [2.24, 2.45) is 0 Å². The van der Waals surface area contributed by atoms with Gasteiger partial charge >= 0.3 is 0 Å². The number of aliphatic hydroxyl groups excluding tert-OH is 1. The molecular formula is C35H41N5O3S. The summed E-state index contributed by atoms with van der Waals surface area (Å²) in [6.07, 6.45) is 5.02. The number of rotatable bonds is 11. The number of benzene rings is 2. The fourth-order valence-corrected chi connectivity index (χ4v) is 6.58. The zero-order valence-electron chi connectivity index (χ0n) is 25.8. The van der Waals surface area contributed by atoms with Gasteiger partial charge in [-0.3, -0.25) is 14.6 Å². The van der Waals surface area contributed by atoms with Gasteiger partial charge in [0.25, 0.3) is 11.8 Å². The molecule has 1 fully saturated rings. The van der Waals surface area contributed by atoms with Gasteiger partial charge in [-0.2, -0.15) is 0 Å². The van der Waals surface area contributed by atoms with Crippen LogP contribution in [0.4, 0.5) is 5.69 Å². The first-order valence-corrected chi connectivity index (χ1v) is 16.1. The van der Waals surface area contributed by atoms with E-state index in [1.54, 1.807) is 41.8 Å². The highest BCUT2D eigenvalue weighted by atomic mass is 32.1. The lowest BCUT2D eigenvalue weighted by atomic mass is 9.99. The summed E-state index contributed by atoms with van der Waals surface area (Å²) in [6.45, 7) is 7.16. The Morgan fingerprint density at radius 1 is 1.09 bits per heavy atom. The van der Waals surface area contributed by atoms with Crippen LogP contribution in [0, 0.1) is 6.92 Å². The van der Waals surface area contributed by atoms with Gasteiger partial charge in [0.15, 0.2) is 0 Å². The number of amides is 2. The summed E-state index contributed by atoms with van der Waals surface area (Å²) in [6, 6.07) is 18.1. The molecule has 2 aromatic heterocycles. The summed E-state index contributed by atoms with van der Waals surface area (Å²) in [5.74, 6) is -0.101. The number of aromatic nitrogens is 2. The fraction of sp³-hybridized carbons (Fsp3) is 0.371. The van der Waals surface area contributed by atoms with Crippen LogP contribution in [0.3, 0.4) is 0 Å². The van der Waals surface area contributed by atoms with Crippen molar-refractivity contribution in [1.29, 1.82) is 0 Å². The van der Waals surface area contributed by atoms with Crippen molar-refractivity contribution in [3.8, 4) is 0 Å². The van der Waals surface area contributed by atoms with Gasteiger partial charge in [-0.1, -0.05) is 50.2 Å². The van der Waals surface area contributed by atoms with Crippen LogP contribution in [0.15, 0.2) is 78.4 Å². The maximum Gasteiger partial charge on any atom is 0.254 e. The molecule has 0 radical (unpaired) electrons. The lowest BCUT2D eigenvalue weighted by Crippen LogP contribution is -2.49. The summed E-state index contributed by atoms with van der Waals surface area (Å²) in [5.41, 5.74) is 4.83. The lowest BCUT2D eigenvalue weighted by Gasteiger charge is -2.29. The van der Waals surface area contributed by atoms with Gasteiger partial charge in [-0.25, -0.2) is 4.98 Å². The van der Waals surface area contributed by atoms with Crippen LogP contribution in [0.1, 0.15) is 81.2 Å². The van der Waals surface area contributed by atoms with Crippen LogP contribution >= 0.6 is 11.3 Å². The van der Waals surface area contributed by atoms with E-state index in [0.717, 1.165) is 40.4 Å². The van der Waals surface area contributed by atoms with E-state index in [1.165, 1.54) is 0 Å². The first-order chi connectivity index (χ1) is 21.2. The Morgan fingerprint density at radius 2 is 1.86 bits per heavy atom. The second-order valence-electron chi connectivity index (χ2n) is 11.9. The van der Waals surface area contributed by atoms with Gasteiger partial charge in [0, 0.05) is 48.5 Å². The van der Waals surface area contributed by atoms with E-state index in [9.17, 15) is 14.7 Å². The number of carbonyl (C=O) groups is 2. The number of hydrogen-bond acceptors (Lipinski definition) is 7. The molecule has 3 atom stereocenters. The molecule has 5 rings (SSSR count). The summed E-state index contributed by atoms with van der Waals surface area (Å²) in [5, 5.41) is 17.5. The van der Waals surface area contributed by atoms with Crippen LogP contribution in [-0.4, -0.2) is 64.1 Å². The molecule has 9 heteroatoms. The maximum absolute atomic E-state index is 13.6. The van der Waals surface area contributed by atoms with Gasteiger partial charge in [0.2, 0.25) is 0 Å². The molecule has 0 spiro atoms. The fourth-order valence-electron chi connectivity index (χ4n) is 5.64. The van der Waals surface area contributed by atoms with Crippen LogP contribution in [0.5, 0.6) is 0 Å². The average molecular weight is 612 g/mol. The third kappa shape index (κ3) is 7.52. The molecule has 4 aromatic rings. The zero-order valence-corrected chi connectivity index (χ0v) is 26.6. The van der Waals surface area contributed by atoms with Gasteiger partial charge in [0.05, 0.1) is 30.1 Å². The minimum atomic E-state index is -0.871. The standard InChI is InChI=1S/C35H41N5O3S/c1-23(2)28-18-29(20-36-19-28)39(4)21-32(41)30(16-25-10-6-5-7-11-25)38-33(42)26-12-8-13-27(17-26)35(43)40-15-9-14-31(40)34-37-24(3)22-44-34/h5-8,10-13,17-20,22-23,30-32,41H,9,14-16,21H2,1-4H3,(H,38,42)/t30-,31+,32+/m0/s1. The van der Waals surface area contributed by atoms with E-state index in [1.807, 2.05) is 65.7 Å². The number of carbonyl (C=O) groups excluding carboxylic acids is 2. The predicted octanol–water partition coefficient (Wildman–Crippen LogP) is 5.79. The Morgan fingerprint density at radius 3 is 2.59 bits per heavy atom. The summed E-state index contributed by atoms with van der Waals surface area (Å²) >= 11 is 1.59. The van der Waals surface area contributed by atoms with Crippen molar-refractivity contribution in [2.75, 3.05) is 25.0 Å². The Labute approximate surface area is 263 Å². The van der Waals surface area contributed by atoms with E-state index in [4.69, 9.17) is 0 Å². The first-order valence-electron chi connectivity index (χ1n) is 15.2. The highest BCUT2D eigenvalue weighted by Crippen LogP contribution is 2.35. The van der Waals surface area contributed by atoms with Gasteiger partial charge in [0.1, 0.15) is 5.01 Å². The number of thiazole rings is 1. The molecule has 0 aliphatic carbocycles. The molecule has 1 saturated heterocycles. The number of likely N-dealkylation sites (N-methyl/N-ethyl adjacent to an activating group) is 1. The second kappa shape index (κ2) is 14.1. The van der Waals surface area contributed by atoms with E-state index in [-0.39, 0.29) is 17.9 Å². The SMILES string of the molecule is Cc1csc([C@H]2CCCN2C(=O)c2cccc(C(=O)N[C@@H](Cc3ccccc3)[C@H](O)CN(C)c3cncc(C(C)C)c3)c2)n1. The molecule has 230 valence electrons. The van der Waals surface area contributed by atoms with Crippen molar-refractivity contribution in [3.05, 3.63) is 111 Å². The third-order valence-corrected chi connectivity index (χ3v) is 9.26. The number of nitrogens with zero attached hydrogens (tertiary/aromatic N) is 4. The van der Waals surface area contributed by atoms with Gasteiger partial charge in [-0.15, -0.1) is 11.3 Å². The molecule has 1 aliphatic heterocycles. The molecule has 2 aromatic carbocycles. The number of hydrogen-bond donors (Lipinski definition) is 2. The van der Waals surface area contributed by atoms with Crippen molar-refractivity contribution in [1.82, 2.24) is 20.2 Å².